The molecule has 0 aliphatic heterocycles. The lowest BCUT2D eigenvalue weighted by Crippen LogP contribution is -2.31. The highest BCUT2D eigenvalue weighted by atomic mass is 16.2. The van der Waals surface area contributed by atoms with Crippen LogP contribution in [0.15, 0.2) is 48.5 Å². The van der Waals surface area contributed by atoms with Gasteiger partial charge in [-0.05, 0) is 50.8 Å². The summed E-state index contributed by atoms with van der Waals surface area (Å²) in [6.45, 7) is 3.46. The number of rotatable bonds is 8. The van der Waals surface area contributed by atoms with Crippen molar-refractivity contribution >= 4 is 17.6 Å². The molecule has 0 spiro atoms. The second-order valence-electron chi connectivity index (χ2n) is 7.39. The number of likely N-dealkylation sites (N-methyl/N-ethyl adjacent to an activating group) is 1. The van der Waals surface area contributed by atoms with Crippen LogP contribution in [0.5, 0.6) is 0 Å². The number of nitrogens with one attached hydrogen (secondary N) is 4. The maximum Gasteiger partial charge on any atom is 0.319 e. The largest absolute Gasteiger partial charge is 0.351 e. The maximum absolute atomic E-state index is 12.3. The number of carbonyl (C=O) groups is 2. The summed E-state index contributed by atoms with van der Waals surface area (Å²) < 4.78 is 0. The number of amides is 3. The van der Waals surface area contributed by atoms with Gasteiger partial charge in [0.1, 0.15) is 5.82 Å². The van der Waals surface area contributed by atoms with E-state index < -0.39 is 0 Å². The molecule has 0 aliphatic carbocycles. The number of nitrogens with zero attached hydrogens (tertiary/aromatic N) is 3. The molecule has 1 heterocycles. The third-order valence-corrected chi connectivity index (χ3v) is 4.46. The van der Waals surface area contributed by atoms with Gasteiger partial charge in [0.2, 0.25) is 0 Å². The molecule has 0 unspecified atom stereocenters. The minimum Gasteiger partial charge on any atom is -0.351 e. The quantitative estimate of drug-likeness (QED) is 0.446. The molecule has 0 fully saturated rings. The topological polar surface area (TPSA) is 115 Å². The van der Waals surface area contributed by atoms with Crippen molar-refractivity contribution in [2.24, 2.45) is 0 Å². The monoisotopic (exact) mass is 421 g/mol. The first-order chi connectivity index (χ1) is 14.9. The predicted molar refractivity (Wildman–Crippen MR) is 120 cm³/mol. The van der Waals surface area contributed by atoms with Crippen molar-refractivity contribution in [2.75, 3.05) is 32.5 Å². The van der Waals surface area contributed by atoms with Gasteiger partial charge in [-0.2, -0.15) is 5.10 Å². The van der Waals surface area contributed by atoms with Crippen molar-refractivity contribution in [2.45, 2.75) is 13.5 Å². The van der Waals surface area contributed by atoms with E-state index >= 15 is 0 Å². The number of aryl methyl sites for hydroxylation is 1. The van der Waals surface area contributed by atoms with Crippen molar-refractivity contribution in [3.8, 4) is 11.4 Å². The third-order valence-electron chi connectivity index (χ3n) is 4.46. The van der Waals surface area contributed by atoms with Crippen molar-refractivity contribution < 1.29 is 9.59 Å². The SMILES string of the molecule is Cc1nc(-c2cccc(NC(=O)NCc3cccc(C(=O)NCCN(C)C)c3)c2)n[nH]1. The Kier molecular flexibility index (Phi) is 7.34. The molecule has 3 rings (SSSR count). The van der Waals surface area contributed by atoms with Crippen LogP contribution < -0.4 is 16.0 Å². The van der Waals surface area contributed by atoms with Crippen LogP contribution in [-0.4, -0.2) is 59.2 Å². The lowest BCUT2D eigenvalue weighted by molar-refractivity contribution is 0.0951. The van der Waals surface area contributed by atoms with Gasteiger partial charge >= 0.3 is 6.03 Å². The van der Waals surface area contributed by atoms with Crippen molar-refractivity contribution in [1.29, 1.82) is 0 Å². The van der Waals surface area contributed by atoms with Gasteiger partial charge in [-0.25, -0.2) is 9.78 Å². The first-order valence-corrected chi connectivity index (χ1v) is 9.97. The van der Waals surface area contributed by atoms with E-state index in [-0.39, 0.29) is 11.9 Å². The minimum absolute atomic E-state index is 0.132. The van der Waals surface area contributed by atoms with E-state index in [4.69, 9.17) is 0 Å². The zero-order valence-electron chi connectivity index (χ0n) is 17.9. The Bertz CT molecular complexity index is 1050. The smallest absolute Gasteiger partial charge is 0.319 e. The number of anilines is 1. The number of urea groups is 1. The van der Waals surface area contributed by atoms with Gasteiger partial charge in [0, 0.05) is 36.4 Å². The van der Waals surface area contributed by atoms with Crippen LogP contribution in [-0.2, 0) is 6.54 Å². The second-order valence-corrected chi connectivity index (χ2v) is 7.39. The Morgan fingerprint density at radius 2 is 1.87 bits per heavy atom. The summed E-state index contributed by atoms with van der Waals surface area (Å²) in [5.41, 5.74) is 2.83. The molecule has 0 atom stereocenters. The van der Waals surface area contributed by atoms with E-state index in [1.807, 2.05) is 44.1 Å². The molecule has 2 aromatic carbocycles. The highest BCUT2D eigenvalue weighted by molar-refractivity contribution is 5.94. The normalized spacial score (nSPS) is 10.7. The summed E-state index contributed by atoms with van der Waals surface area (Å²) in [6.07, 6.45) is 0. The van der Waals surface area contributed by atoms with E-state index in [9.17, 15) is 9.59 Å². The summed E-state index contributed by atoms with van der Waals surface area (Å²) >= 11 is 0. The fraction of sp³-hybridized carbons (Fsp3) is 0.273. The molecule has 0 saturated carbocycles. The Hall–Kier alpha value is -3.72. The van der Waals surface area contributed by atoms with Gasteiger partial charge in [0.25, 0.3) is 5.91 Å². The van der Waals surface area contributed by atoms with E-state index in [0.29, 0.717) is 30.2 Å². The number of H-pyrrole nitrogens is 1. The molecule has 3 amide bonds. The van der Waals surface area contributed by atoms with Crippen molar-refractivity contribution in [3.63, 3.8) is 0 Å². The molecule has 3 aromatic rings. The molecule has 9 nitrogen and oxygen atoms in total. The zero-order chi connectivity index (χ0) is 22.2. The number of aromatic nitrogens is 3. The first-order valence-electron chi connectivity index (χ1n) is 9.97. The summed E-state index contributed by atoms with van der Waals surface area (Å²) in [4.78, 5) is 30.9. The second kappa shape index (κ2) is 10.4. The lowest BCUT2D eigenvalue weighted by Gasteiger charge is -2.11. The number of hydrogen-bond donors (Lipinski definition) is 4. The molecular formula is C22H27N7O2. The zero-order valence-corrected chi connectivity index (χ0v) is 17.9. The minimum atomic E-state index is -0.343. The predicted octanol–water partition coefficient (Wildman–Crippen LogP) is 2.39. The van der Waals surface area contributed by atoms with Gasteiger partial charge in [0.15, 0.2) is 5.82 Å². The molecule has 0 radical (unpaired) electrons. The van der Waals surface area contributed by atoms with Gasteiger partial charge in [-0.1, -0.05) is 24.3 Å². The van der Waals surface area contributed by atoms with Crippen LogP contribution >= 0.6 is 0 Å². The Balaban J connectivity index is 1.53. The molecule has 4 N–H and O–H groups in total. The highest BCUT2D eigenvalue weighted by Crippen LogP contribution is 2.19. The summed E-state index contributed by atoms with van der Waals surface area (Å²) in [5.74, 6) is 1.16. The standard InChI is InChI=1S/C22H27N7O2/c1-15-25-20(28-27-15)17-7-5-9-19(13-17)26-22(31)24-14-16-6-4-8-18(12-16)21(30)23-10-11-29(2)3/h4-9,12-13H,10-11,14H2,1-3H3,(H,23,30)(H2,24,26,31)(H,25,27,28). The van der Waals surface area contributed by atoms with E-state index in [1.54, 1.807) is 30.3 Å². The molecule has 0 saturated heterocycles. The number of aromatic amines is 1. The lowest BCUT2D eigenvalue weighted by atomic mass is 10.1. The molecule has 1 aromatic heterocycles. The Labute approximate surface area is 181 Å². The van der Waals surface area contributed by atoms with Gasteiger partial charge < -0.3 is 20.9 Å². The number of carbonyl (C=O) groups excluding carboxylic acids is 2. The fourth-order valence-electron chi connectivity index (χ4n) is 2.88. The highest BCUT2D eigenvalue weighted by Gasteiger charge is 2.09. The summed E-state index contributed by atoms with van der Waals surface area (Å²) in [7, 11) is 3.91. The van der Waals surface area contributed by atoms with Crippen LogP contribution in [0.3, 0.4) is 0 Å². The van der Waals surface area contributed by atoms with Crippen LogP contribution in [0.4, 0.5) is 10.5 Å². The number of benzene rings is 2. The maximum atomic E-state index is 12.3. The first kappa shape index (κ1) is 22.0. The third kappa shape index (κ3) is 6.65. The molecule has 0 aliphatic rings. The molecule has 0 bridgehead atoms. The van der Waals surface area contributed by atoms with Crippen LogP contribution in [0.2, 0.25) is 0 Å². The molecule has 31 heavy (non-hydrogen) atoms. The van der Waals surface area contributed by atoms with Crippen LogP contribution in [0.1, 0.15) is 21.7 Å². The van der Waals surface area contributed by atoms with Crippen LogP contribution in [0, 0.1) is 6.92 Å². The summed E-state index contributed by atoms with van der Waals surface area (Å²) in [6, 6.07) is 14.2. The fourth-order valence-corrected chi connectivity index (χ4v) is 2.88. The summed E-state index contributed by atoms with van der Waals surface area (Å²) in [5, 5.41) is 15.4. The number of hydrogen-bond acceptors (Lipinski definition) is 5. The molecule has 162 valence electrons. The Morgan fingerprint density at radius 3 is 2.61 bits per heavy atom. The van der Waals surface area contributed by atoms with E-state index in [0.717, 1.165) is 23.5 Å². The average Bonchev–Trinajstić information content (AvgIpc) is 3.19. The van der Waals surface area contributed by atoms with E-state index in [1.165, 1.54) is 0 Å². The van der Waals surface area contributed by atoms with Crippen LogP contribution in [0.25, 0.3) is 11.4 Å². The van der Waals surface area contributed by atoms with Crippen molar-refractivity contribution in [1.82, 2.24) is 30.7 Å². The van der Waals surface area contributed by atoms with Crippen molar-refractivity contribution in [3.05, 3.63) is 65.5 Å². The van der Waals surface area contributed by atoms with Gasteiger partial charge in [-0.15, -0.1) is 0 Å². The molecule has 9 heteroatoms. The van der Waals surface area contributed by atoms with Gasteiger partial charge in [-0.3, -0.25) is 9.89 Å². The molecular weight excluding hydrogens is 394 g/mol. The Morgan fingerprint density at radius 1 is 1.06 bits per heavy atom. The van der Waals surface area contributed by atoms with Gasteiger partial charge in [0.05, 0.1) is 0 Å². The van der Waals surface area contributed by atoms with E-state index in [2.05, 4.69) is 31.1 Å². The average molecular weight is 422 g/mol.